The molecule has 3 N–H and O–H groups in total. The van der Waals surface area contributed by atoms with Crippen LogP contribution in [-0.4, -0.2) is 30.9 Å². The molecule has 0 unspecified atom stereocenters. The van der Waals surface area contributed by atoms with Crippen molar-refractivity contribution in [3.05, 3.63) is 29.3 Å². The van der Waals surface area contributed by atoms with Crippen LogP contribution in [0.5, 0.6) is 0 Å². The molecule has 114 valence electrons. The lowest BCUT2D eigenvalue weighted by atomic mass is 10.3. The number of benzene rings is 1. The van der Waals surface area contributed by atoms with Gasteiger partial charge in [-0.05, 0) is 37.9 Å². The van der Waals surface area contributed by atoms with Crippen molar-refractivity contribution in [1.29, 1.82) is 0 Å². The molecule has 0 heterocycles. The minimum atomic E-state index is -0.148. The first-order valence-corrected chi connectivity index (χ1v) is 7.57. The van der Waals surface area contributed by atoms with Crippen molar-refractivity contribution in [2.24, 2.45) is 0 Å². The van der Waals surface area contributed by atoms with Gasteiger partial charge in [0.15, 0.2) is 0 Å². The first-order chi connectivity index (χ1) is 10.1. The number of anilines is 1. The van der Waals surface area contributed by atoms with Crippen LogP contribution in [0.15, 0.2) is 24.3 Å². The zero-order valence-corrected chi connectivity index (χ0v) is 12.6. The van der Waals surface area contributed by atoms with E-state index < -0.39 is 0 Å². The molecular weight excluding hydrogens is 290 g/mol. The van der Waals surface area contributed by atoms with E-state index in [1.807, 2.05) is 12.1 Å². The molecule has 1 fully saturated rings. The van der Waals surface area contributed by atoms with Crippen molar-refractivity contribution in [1.82, 2.24) is 10.6 Å². The lowest BCUT2D eigenvalue weighted by molar-refractivity contribution is -0.121. The van der Waals surface area contributed by atoms with Crippen molar-refractivity contribution in [2.75, 3.05) is 18.4 Å². The SMILES string of the molecule is O=C(CNCCCC(=O)NC1CC1)Nc1ccccc1Cl. The summed E-state index contributed by atoms with van der Waals surface area (Å²) in [5.41, 5.74) is 0.606. The third kappa shape index (κ3) is 6.14. The molecule has 1 saturated carbocycles. The Bertz CT molecular complexity index is 503. The fourth-order valence-electron chi connectivity index (χ4n) is 1.86. The molecule has 1 aromatic rings. The first kappa shape index (κ1) is 15.8. The highest BCUT2D eigenvalue weighted by molar-refractivity contribution is 6.33. The number of halogens is 1. The van der Waals surface area contributed by atoms with E-state index in [1.54, 1.807) is 12.1 Å². The molecule has 1 aromatic carbocycles. The van der Waals surface area contributed by atoms with Crippen molar-refractivity contribution in [3.8, 4) is 0 Å². The molecule has 2 amide bonds. The Balaban J connectivity index is 1.54. The van der Waals surface area contributed by atoms with Crippen LogP contribution in [0.2, 0.25) is 5.02 Å². The number of hydrogen-bond acceptors (Lipinski definition) is 3. The third-order valence-electron chi connectivity index (χ3n) is 3.13. The van der Waals surface area contributed by atoms with E-state index in [1.165, 1.54) is 0 Å². The molecule has 0 spiro atoms. The van der Waals surface area contributed by atoms with Gasteiger partial charge in [-0.2, -0.15) is 0 Å². The number of hydrogen-bond donors (Lipinski definition) is 3. The van der Waals surface area contributed by atoms with Crippen molar-refractivity contribution >= 4 is 29.1 Å². The quantitative estimate of drug-likeness (QED) is 0.643. The van der Waals surface area contributed by atoms with Crippen LogP contribution in [0.4, 0.5) is 5.69 Å². The van der Waals surface area contributed by atoms with Gasteiger partial charge in [-0.3, -0.25) is 9.59 Å². The van der Waals surface area contributed by atoms with Gasteiger partial charge in [0.05, 0.1) is 17.3 Å². The zero-order valence-electron chi connectivity index (χ0n) is 11.8. The zero-order chi connectivity index (χ0) is 15.1. The van der Waals surface area contributed by atoms with Gasteiger partial charge in [0, 0.05) is 12.5 Å². The number of nitrogens with one attached hydrogen (secondary N) is 3. The summed E-state index contributed by atoms with van der Waals surface area (Å²) in [5.74, 6) is -0.0506. The number of carbonyl (C=O) groups is 2. The molecule has 5 nitrogen and oxygen atoms in total. The molecule has 1 aliphatic rings. The van der Waals surface area contributed by atoms with Crippen LogP contribution in [-0.2, 0) is 9.59 Å². The maximum atomic E-state index is 11.7. The van der Waals surface area contributed by atoms with Crippen LogP contribution in [0.25, 0.3) is 0 Å². The largest absolute Gasteiger partial charge is 0.353 e. The van der Waals surface area contributed by atoms with Crippen LogP contribution in [0.1, 0.15) is 25.7 Å². The molecule has 0 radical (unpaired) electrons. The van der Waals surface area contributed by atoms with E-state index in [2.05, 4.69) is 16.0 Å². The Labute approximate surface area is 129 Å². The Hall–Kier alpha value is -1.59. The predicted molar refractivity (Wildman–Crippen MR) is 83.4 cm³/mol. The highest BCUT2D eigenvalue weighted by Crippen LogP contribution is 2.20. The third-order valence-corrected chi connectivity index (χ3v) is 3.46. The smallest absolute Gasteiger partial charge is 0.238 e. The molecule has 0 saturated heterocycles. The highest BCUT2D eigenvalue weighted by Gasteiger charge is 2.22. The summed E-state index contributed by atoms with van der Waals surface area (Å²) in [6.45, 7) is 0.837. The van der Waals surface area contributed by atoms with Gasteiger partial charge in [0.2, 0.25) is 11.8 Å². The standard InChI is InChI=1S/C15H20ClN3O2/c16-12-4-1-2-5-13(12)19-15(21)10-17-9-3-6-14(20)18-11-7-8-11/h1-2,4-5,11,17H,3,6-10H2,(H,18,20)(H,19,21). The molecule has 0 aromatic heterocycles. The number of para-hydroxylation sites is 1. The summed E-state index contributed by atoms with van der Waals surface area (Å²) >= 11 is 5.95. The monoisotopic (exact) mass is 309 g/mol. The minimum Gasteiger partial charge on any atom is -0.353 e. The molecule has 0 bridgehead atoms. The van der Waals surface area contributed by atoms with E-state index in [0.717, 1.165) is 19.3 Å². The second kappa shape index (κ2) is 8.00. The average molecular weight is 310 g/mol. The normalized spacial score (nSPS) is 13.8. The van der Waals surface area contributed by atoms with E-state index in [-0.39, 0.29) is 18.4 Å². The number of carbonyl (C=O) groups excluding carboxylic acids is 2. The van der Waals surface area contributed by atoms with Crippen molar-refractivity contribution in [2.45, 2.75) is 31.7 Å². The molecule has 1 aliphatic carbocycles. The molecule has 2 rings (SSSR count). The van der Waals surface area contributed by atoms with Gasteiger partial charge in [0.1, 0.15) is 0 Å². The summed E-state index contributed by atoms with van der Waals surface area (Å²) in [6.07, 6.45) is 3.42. The molecular formula is C15H20ClN3O2. The summed E-state index contributed by atoms with van der Waals surface area (Å²) < 4.78 is 0. The molecule has 0 aliphatic heterocycles. The predicted octanol–water partition coefficient (Wildman–Crippen LogP) is 1.93. The topological polar surface area (TPSA) is 70.2 Å². The molecule has 0 atom stereocenters. The van der Waals surface area contributed by atoms with Gasteiger partial charge in [-0.1, -0.05) is 23.7 Å². The second-order valence-corrected chi connectivity index (χ2v) is 5.56. The van der Waals surface area contributed by atoms with Gasteiger partial charge < -0.3 is 16.0 Å². The average Bonchev–Trinajstić information content (AvgIpc) is 3.25. The van der Waals surface area contributed by atoms with Crippen LogP contribution in [0.3, 0.4) is 0 Å². The maximum absolute atomic E-state index is 11.7. The first-order valence-electron chi connectivity index (χ1n) is 7.19. The van der Waals surface area contributed by atoms with Gasteiger partial charge in [-0.25, -0.2) is 0 Å². The minimum absolute atomic E-state index is 0.0971. The Morgan fingerprint density at radius 1 is 1.19 bits per heavy atom. The second-order valence-electron chi connectivity index (χ2n) is 5.15. The van der Waals surface area contributed by atoms with Gasteiger partial charge in [-0.15, -0.1) is 0 Å². The van der Waals surface area contributed by atoms with Gasteiger partial charge in [0.25, 0.3) is 0 Å². The maximum Gasteiger partial charge on any atom is 0.238 e. The van der Waals surface area contributed by atoms with E-state index in [4.69, 9.17) is 11.6 Å². The lowest BCUT2D eigenvalue weighted by Gasteiger charge is -2.08. The number of rotatable bonds is 8. The Morgan fingerprint density at radius 2 is 1.95 bits per heavy atom. The summed E-state index contributed by atoms with van der Waals surface area (Å²) in [7, 11) is 0. The molecule has 21 heavy (non-hydrogen) atoms. The molecule has 6 heteroatoms. The number of amides is 2. The fourth-order valence-corrected chi connectivity index (χ4v) is 2.04. The van der Waals surface area contributed by atoms with Crippen molar-refractivity contribution < 1.29 is 9.59 Å². The van der Waals surface area contributed by atoms with Crippen LogP contribution in [0, 0.1) is 0 Å². The van der Waals surface area contributed by atoms with E-state index in [0.29, 0.717) is 29.7 Å². The summed E-state index contributed by atoms with van der Waals surface area (Å²) in [4.78, 5) is 23.1. The van der Waals surface area contributed by atoms with Crippen molar-refractivity contribution in [3.63, 3.8) is 0 Å². The lowest BCUT2D eigenvalue weighted by Crippen LogP contribution is -2.30. The van der Waals surface area contributed by atoms with Crippen LogP contribution >= 0.6 is 11.6 Å². The Morgan fingerprint density at radius 3 is 2.67 bits per heavy atom. The van der Waals surface area contributed by atoms with Gasteiger partial charge >= 0.3 is 0 Å². The summed E-state index contributed by atoms with van der Waals surface area (Å²) in [5, 5.41) is 9.19. The van der Waals surface area contributed by atoms with E-state index in [9.17, 15) is 9.59 Å². The fraction of sp³-hybridized carbons (Fsp3) is 0.467. The van der Waals surface area contributed by atoms with E-state index >= 15 is 0 Å². The summed E-state index contributed by atoms with van der Waals surface area (Å²) in [6, 6.07) is 7.51. The highest BCUT2D eigenvalue weighted by atomic mass is 35.5. The Kier molecular flexibility index (Phi) is 6.02. The van der Waals surface area contributed by atoms with Crippen LogP contribution < -0.4 is 16.0 Å².